The second-order valence-electron chi connectivity index (χ2n) is 6.72. The average Bonchev–Trinajstić information content (AvgIpc) is 2.68. The predicted octanol–water partition coefficient (Wildman–Crippen LogP) is 6.70. The maximum Gasteiger partial charge on any atom is 0.0702 e. The maximum absolute atomic E-state index is 4.70. The lowest BCUT2D eigenvalue weighted by Gasteiger charge is -2.12. The number of benzene rings is 3. The first kappa shape index (κ1) is 16.3. The quantitative estimate of drug-likeness (QED) is 0.406. The largest absolute Gasteiger partial charge is 0.256 e. The standard InChI is InChI=1S/C25H21N/c1-18-14-19(2)16-22(15-18)24-11-7-6-10-23(24)21-12-13-25(26-17-21)20-8-4-3-5-9-20/h3-17H,1-2H3. The third-order valence-electron chi connectivity index (χ3n) is 4.60. The minimum Gasteiger partial charge on any atom is -0.256 e. The van der Waals surface area contributed by atoms with Crippen LogP contribution < -0.4 is 0 Å². The van der Waals surface area contributed by atoms with E-state index in [1.54, 1.807) is 0 Å². The van der Waals surface area contributed by atoms with Gasteiger partial charge >= 0.3 is 0 Å². The van der Waals surface area contributed by atoms with E-state index < -0.39 is 0 Å². The van der Waals surface area contributed by atoms with Crippen molar-refractivity contribution >= 4 is 0 Å². The van der Waals surface area contributed by atoms with Gasteiger partial charge in [-0.3, -0.25) is 4.98 Å². The molecule has 0 bridgehead atoms. The van der Waals surface area contributed by atoms with Crippen molar-refractivity contribution in [1.29, 1.82) is 0 Å². The SMILES string of the molecule is Cc1cc(C)cc(-c2ccccc2-c2ccc(-c3ccccc3)nc2)c1. The number of nitrogens with zero attached hydrogens (tertiary/aromatic N) is 1. The maximum atomic E-state index is 4.70. The molecule has 0 spiro atoms. The molecule has 0 aliphatic rings. The van der Waals surface area contributed by atoms with Gasteiger partial charge in [-0.1, -0.05) is 90.0 Å². The van der Waals surface area contributed by atoms with Crippen LogP contribution in [0.2, 0.25) is 0 Å². The van der Waals surface area contributed by atoms with Gasteiger partial charge in [0, 0.05) is 17.3 Å². The van der Waals surface area contributed by atoms with Crippen LogP contribution >= 0.6 is 0 Å². The fourth-order valence-electron chi connectivity index (χ4n) is 3.45. The third-order valence-corrected chi connectivity index (χ3v) is 4.60. The van der Waals surface area contributed by atoms with Crippen LogP contribution in [0.25, 0.3) is 33.5 Å². The molecule has 3 aromatic carbocycles. The van der Waals surface area contributed by atoms with Crippen molar-refractivity contribution in [3.05, 3.63) is 102 Å². The van der Waals surface area contributed by atoms with Crippen LogP contribution in [0.4, 0.5) is 0 Å². The van der Waals surface area contributed by atoms with E-state index in [2.05, 4.69) is 80.6 Å². The Morgan fingerprint density at radius 1 is 0.538 bits per heavy atom. The summed E-state index contributed by atoms with van der Waals surface area (Å²) >= 11 is 0. The average molecular weight is 335 g/mol. The zero-order chi connectivity index (χ0) is 17.9. The molecule has 1 heteroatoms. The number of rotatable bonds is 3. The van der Waals surface area contributed by atoms with Crippen molar-refractivity contribution in [3.63, 3.8) is 0 Å². The molecule has 0 saturated heterocycles. The molecule has 0 saturated carbocycles. The van der Waals surface area contributed by atoms with E-state index in [4.69, 9.17) is 4.98 Å². The van der Waals surface area contributed by atoms with Gasteiger partial charge in [-0.2, -0.15) is 0 Å². The fraction of sp³-hybridized carbons (Fsp3) is 0.0800. The third kappa shape index (κ3) is 3.29. The monoisotopic (exact) mass is 335 g/mol. The van der Waals surface area contributed by atoms with E-state index in [9.17, 15) is 0 Å². The molecule has 26 heavy (non-hydrogen) atoms. The van der Waals surface area contributed by atoms with Gasteiger partial charge in [0.1, 0.15) is 0 Å². The Morgan fingerprint density at radius 3 is 1.77 bits per heavy atom. The fourth-order valence-corrected chi connectivity index (χ4v) is 3.45. The highest BCUT2D eigenvalue weighted by atomic mass is 14.7. The second kappa shape index (κ2) is 6.97. The van der Waals surface area contributed by atoms with Crippen molar-refractivity contribution in [2.75, 3.05) is 0 Å². The summed E-state index contributed by atoms with van der Waals surface area (Å²) in [5.74, 6) is 0. The van der Waals surface area contributed by atoms with E-state index in [1.807, 2.05) is 24.4 Å². The van der Waals surface area contributed by atoms with Gasteiger partial charge in [0.25, 0.3) is 0 Å². The molecular weight excluding hydrogens is 314 g/mol. The van der Waals surface area contributed by atoms with Gasteiger partial charge in [0.05, 0.1) is 5.69 Å². The second-order valence-corrected chi connectivity index (χ2v) is 6.72. The summed E-state index contributed by atoms with van der Waals surface area (Å²) in [5, 5.41) is 0. The van der Waals surface area contributed by atoms with E-state index >= 15 is 0 Å². The molecule has 126 valence electrons. The summed E-state index contributed by atoms with van der Waals surface area (Å²) in [5.41, 5.74) is 9.56. The number of hydrogen-bond acceptors (Lipinski definition) is 1. The molecule has 0 amide bonds. The molecule has 1 aromatic heterocycles. The molecule has 0 N–H and O–H groups in total. The molecule has 0 atom stereocenters. The highest BCUT2D eigenvalue weighted by molar-refractivity contribution is 5.84. The van der Waals surface area contributed by atoms with Crippen LogP contribution in [0.1, 0.15) is 11.1 Å². The van der Waals surface area contributed by atoms with Gasteiger partial charge in [0.15, 0.2) is 0 Å². The van der Waals surface area contributed by atoms with Crippen LogP contribution in [0.5, 0.6) is 0 Å². The molecule has 1 heterocycles. The Balaban J connectivity index is 1.77. The van der Waals surface area contributed by atoms with Crippen molar-refractivity contribution < 1.29 is 0 Å². The highest BCUT2D eigenvalue weighted by Crippen LogP contribution is 2.33. The number of pyridine rings is 1. The number of aromatic nitrogens is 1. The minimum absolute atomic E-state index is 0.998. The summed E-state index contributed by atoms with van der Waals surface area (Å²) in [7, 11) is 0. The topological polar surface area (TPSA) is 12.9 Å². The van der Waals surface area contributed by atoms with Crippen LogP contribution in [0.15, 0.2) is 91.1 Å². The molecule has 0 radical (unpaired) electrons. The summed E-state index contributed by atoms with van der Waals surface area (Å²) in [6, 6.07) is 29.8. The molecule has 1 nitrogen and oxygen atoms in total. The van der Waals surface area contributed by atoms with Crippen molar-refractivity contribution in [2.45, 2.75) is 13.8 Å². The van der Waals surface area contributed by atoms with E-state index in [0.717, 1.165) is 16.8 Å². The molecule has 0 aliphatic heterocycles. The molecule has 4 aromatic rings. The van der Waals surface area contributed by atoms with E-state index in [0.29, 0.717) is 0 Å². The summed E-state index contributed by atoms with van der Waals surface area (Å²) in [4.78, 5) is 4.70. The zero-order valence-corrected chi connectivity index (χ0v) is 15.1. The van der Waals surface area contributed by atoms with Gasteiger partial charge in [-0.05, 0) is 36.6 Å². The first-order valence-electron chi connectivity index (χ1n) is 8.90. The van der Waals surface area contributed by atoms with Crippen LogP contribution in [-0.2, 0) is 0 Å². The Bertz CT molecular complexity index is 1010. The van der Waals surface area contributed by atoms with Crippen molar-refractivity contribution in [2.24, 2.45) is 0 Å². The first-order valence-corrected chi connectivity index (χ1v) is 8.90. The van der Waals surface area contributed by atoms with Gasteiger partial charge < -0.3 is 0 Å². The predicted molar refractivity (Wildman–Crippen MR) is 110 cm³/mol. The Kier molecular flexibility index (Phi) is 4.37. The van der Waals surface area contributed by atoms with Crippen molar-refractivity contribution in [3.8, 4) is 33.5 Å². The highest BCUT2D eigenvalue weighted by Gasteiger charge is 2.09. The number of hydrogen-bond donors (Lipinski definition) is 0. The zero-order valence-electron chi connectivity index (χ0n) is 15.1. The van der Waals surface area contributed by atoms with Crippen LogP contribution in [0.3, 0.4) is 0 Å². The summed E-state index contributed by atoms with van der Waals surface area (Å²) in [6.45, 7) is 4.30. The lowest BCUT2D eigenvalue weighted by Crippen LogP contribution is -1.89. The Hall–Kier alpha value is -3.19. The van der Waals surface area contributed by atoms with E-state index in [-0.39, 0.29) is 0 Å². The van der Waals surface area contributed by atoms with Gasteiger partial charge in [-0.15, -0.1) is 0 Å². The molecule has 0 fully saturated rings. The minimum atomic E-state index is 0.998. The van der Waals surface area contributed by atoms with Gasteiger partial charge in [0.2, 0.25) is 0 Å². The Labute approximate surface area is 155 Å². The molecular formula is C25H21N. The molecule has 0 aliphatic carbocycles. The smallest absolute Gasteiger partial charge is 0.0702 e. The number of aryl methyl sites for hydroxylation is 2. The Morgan fingerprint density at radius 2 is 1.15 bits per heavy atom. The van der Waals surface area contributed by atoms with Gasteiger partial charge in [-0.25, -0.2) is 0 Å². The van der Waals surface area contributed by atoms with Crippen LogP contribution in [-0.4, -0.2) is 4.98 Å². The van der Waals surface area contributed by atoms with E-state index in [1.165, 1.54) is 27.8 Å². The first-order chi connectivity index (χ1) is 12.7. The summed E-state index contributed by atoms with van der Waals surface area (Å²) < 4.78 is 0. The van der Waals surface area contributed by atoms with Crippen LogP contribution in [0, 0.1) is 13.8 Å². The lowest BCUT2D eigenvalue weighted by molar-refractivity contribution is 1.32. The summed E-state index contributed by atoms with van der Waals surface area (Å²) in [6.07, 6.45) is 1.98. The normalized spacial score (nSPS) is 10.7. The lowest BCUT2D eigenvalue weighted by atomic mass is 9.93. The van der Waals surface area contributed by atoms with Crippen molar-refractivity contribution in [1.82, 2.24) is 4.98 Å². The molecule has 0 unspecified atom stereocenters. The molecule has 4 rings (SSSR count).